The number of nitrogens with zero attached hydrogens (tertiary/aromatic N) is 2. The van der Waals surface area contributed by atoms with Gasteiger partial charge in [0.25, 0.3) is 0 Å². The molecule has 244 valence electrons. The molecule has 0 aliphatic rings. The van der Waals surface area contributed by atoms with Crippen molar-refractivity contribution in [3.05, 3.63) is 175 Å². The van der Waals surface area contributed by atoms with Gasteiger partial charge >= 0.3 is 0 Å². The monoisotopic (exact) mass is 688 g/mol. The van der Waals surface area contributed by atoms with E-state index in [1.54, 1.807) is 0 Å². The highest BCUT2D eigenvalue weighted by Gasteiger charge is 2.41. The van der Waals surface area contributed by atoms with E-state index in [1.807, 2.05) is 23.5 Å². The first-order chi connectivity index (χ1) is 24.9. The minimum absolute atomic E-state index is 0.0133. The average Bonchev–Trinajstić information content (AvgIpc) is 3.70. The smallest absolute Gasteiger partial charge is 0.179 e. The zero-order valence-corrected chi connectivity index (χ0v) is 30.7. The van der Waals surface area contributed by atoms with Crippen molar-refractivity contribution in [2.45, 2.75) is 26.2 Å². The third-order valence-corrected chi connectivity index (χ3v) is 16.5. The first-order valence-electron chi connectivity index (χ1n) is 17.5. The lowest BCUT2D eigenvalue weighted by Crippen LogP contribution is -2.74. The van der Waals surface area contributed by atoms with Gasteiger partial charge in [0.2, 0.25) is 0 Å². The molecule has 0 unspecified atom stereocenters. The first-order valence-corrected chi connectivity index (χ1v) is 20.3. The van der Waals surface area contributed by atoms with Gasteiger partial charge in [0, 0.05) is 36.6 Å². The summed E-state index contributed by atoms with van der Waals surface area (Å²) in [6, 6.07) is 62.9. The fourth-order valence-electron chi connectivity index (χ4n) is 8.04. The van der Waals surface area contributed by atoms with Crippen LogP contribution in [0.4, 0.5) is 0 Å². The molecule has 0 aliphatic carbocycles. The maximum absolute atomic E-state index is 9.82. The van der Waals surface area contributed by atoms with E-state index in [2.05, 4.69) is 183 Å². The van der Waals surface area contributed by atoms with Crippen LogP contribution in [0.1, 0.15) is 31.9 Å². The molecule has 7 aromatic carbocycles. The molecular formula is C47H36N2SSi. The number of aromatic nitrogens is 1. The lowest BCUT2D eigenvalue weighted by atomic mass is 9.86. The molecule has 9 aromatic rings. The van der Waals surface area contributed by atoms with E-state index >= 15 is 0 Å². The lowest BCUT2D eigenvalue weighted by molar-refractivity contribution is 0.591. The normalized spacial score (nSPS) is 12.2. The Morgan fingerprint density at radius 3 is 1.61 bits per heavy atom. The Bertz CT molecular complexity index is 2690. The van der Waals surface area contributed by atoms with E-state index in [4.69, 9.17) is 0 Å². The first kappa shape index (κ1) is 31.3. The minimum Gasteiger partial charge on any atom is -0.309 e. The van der Waals surface area contributed by atoms with Crippen LogP contribution in [0.15, 0.2) is 164 Å². The second kappa shape index (κ2) is 12.0. The predicted octanol–water partition coefficient (Wildman–Crippen LogP) is 9.70. The maximum atomic E-state index is 9.82. The molecule has 4 heteroatoms. The van der Waals surface area contributed by atoms with Crippen molar-refractivity contribution in [1.29, 1.82) is 5.26 Å². The van der Waals surface area contributed by atoms with Crippen LogP contribution in [0, 0.1) is 11.3 Å². The Balaban J connectivity index is 1.32. The molecule has 0 amide bonds. The molecule has 0 saturated heterocycles. The van der Waals surface area contributed by atoms with Crippen molar-refractivity contribution in [1.82, 2.24) is 4.57 Å². The van der Waals surface area contributed by atoms with Crippen molar-refractivity contribution >= 4 is 82.1 Å². The van der Waals surface area contributed by atoms with Gasteiger partial charge in [-0.3, -0.25) is 0 Å². The number of hydrogen-bond acceptors (Lipinski definition) is 2. The summed E-state index contributed by atoms with van der Waals surface area (Å²) in [5.74, 6) is 0. The number of nitriles is 1. The van der Waals surface area contributed by atoms with Gasteiger partial charge in [0.1, 0.15) is 0 Å². The van der Waals surface area contributed by atoms with Crippen molar-refractivity contribution in [3.63, 3.8) is 0 Å². The Morgan fingerprint density at radius 1 is 0.510 bits per heavy atom. The van der Waals surface area contributed by atoms with Crippen LogP contribution in [-0.2, 0) is 5.41 Å². The number of benzene rings is 7. The molecule has 0 N–H and O–H groups in total. The molecule has 2 heterocycles. The molecule has 0 spiro atoms. The Morgan fingerprint density at radius 2 is 1.04 bits per heavy atom. The predicted molar refractivity (Wildman–Crippen MR) is 221 cm³/mol. The van der Waals surface area contributed by atoms with Gasteiger partial charge in [-0.25, -0.2) is 0 Å². The fraction of sp³-hybridized carbons (Fsp3) is 0.0851. The van der Waals surface area contributed by atoms with Gasteiger partial charge in [0.15, 0.2) is 8.07 Å². The van der Waals surface area contributed by atoms with Gasteiger partial charge in [-0.15, -0.1) is 11.3 Å². The Kier molecular flexibility index (Phi) is 7.33. The summed E-state index contributed by atoms with van der Waals surface area (Å²) in [5, 5.41) is 20.2. The molecule has 0 fully saturated rings. The van der Waals surface area contributed by atoms with Gasteiger partial charge in [-0.05, 0) is 86.3 Å². The summed E-state index contributed by atoms with van der Waals surface area (Å²) in [5.41, 5.74) is 5.36. The van der Waals surface area contributed by atoms with E-state index in [1.165, 1.54) is 51.9 Å². The van der Waals surface area contributed by atoms with Gasteiger partial charge in [-0.1, -0.05) is 130 Å². The summed E-state index contributed by atoms with van der Waals surface area (Å²) >= 11 is 1.86. The fourth-order valence-corrected chi connectivity index (χ4v) is 13.9. The number of thiophene rings is 1. The van der Waals surface area contributed by atoms with Crippen molar-refractivity contribution in [3.8, 4) is 11.8 Å². The summed E-state index contributed by atoms with van der Waals surface area (Å²) in [6.45, 7) is 6.76. The van der Waals surface area contributed by atoms with Crippen LogP contribution in [0.25, 0.3) is 47.7 Å². The molecule has 0 saturated carbocycles. The molecule has 0 atom stereocenters. The highest BCUT2D eigenvalue weighted by molar-refractivity contribution is 7.26. The summed E-state index contributed by atoms with van der Waals surface area (Å²) < 4.78 is 4.95. The minimum atomic E-state index is -2.67. The van der Waals surface area contributed by atoms with Crippen LogP contribution >= 0.6 is 11.3 Å². The van der Waals surface area contributed by atoms with Crippen molar-refractivity contribution in [2.75, 3.05) is 0 Å². The second-order valence-electron chi connectivity index (χ2n) is 14.5. The van der Waals surface area contributed by atoms with Crippen LogP contribution in [0.3, 0.4) is 0 Å². The summed E-state index contributed by atoms with van der Waals surface area (Å²) in [4.78, 5) is 0. The molecule has 51 heavy (non-hydrogen) atoms. The van der Waals surface area contributed by atoms with Gasteiger partial charge < -0.3 is 4.57 Å². The SMILES string of the molecule is CC(C)(C)c1ccc2c(c1)c1cc(C#N)ccc1n2-c1ccc2sc3ccc([Si](c4ccccc4)(c4ccccc4)c4ccccc4)cc3c2c1. The van der Waals surface area contributed by atoms with E-state index in [0.29, 0.717) is 5.56 Å². The zero-order valence-electron chi connectivity index (χ0n) is 28.9. The molecule has 0 radical (unpaired) electrons. The summed E-state index contributed by atoms with van der Waals surface area (Å²) in [6.07, 6.45) is 0. The largest absolute Gasteiger partial charge is 0.309 e. The highest BCUT2D eigenvalue weighted by Crippen LogP contribution is 2.39. The average molecular weight is 689 g/mol. The van der Waals surface area contributed by atoms with Gasteiger partial charge in [0.05, 0.1) is 22.7 Å². The van der Waals surface area contributed by atoms with E-state index in [0.717, 1.165) is 22.1 Å². The highest BCUT2D eigenvalue weighted by atomic mass is 32.1. The van der Waals surface area contributed by atoms with Crippen LogP contribution in [-0.4, -0.2) is 12.6 Å². The lowest BCUT2D eigenvalue weighted by Gasteiger charge is -2.34. The number of hydrogen-bond donors (Lipinski definition) is 0. The topological polar surface area (TPSA) is 28.7 Å². The molecule has 2 aromatic heterocycles. The quantitative estimate of drug-likeness (QED) is 0.131. The standard InChI is InChI=1S/C47H36N2SSi/c1-47(2,3)33-20-24-44-40(28-33)39-27-32(31-48)19-23-43(39)49(44)34-21-25-45-41(29-34)42-30-38(22-26-46(42)50-45)51(35-13-7-4-8-14-35,36-15-9-5-10-16-36)37-17-11-6-12-18-37/h4-30H,1-3H3. The van der Waals surface area contributed by atoms with Crippen molar-refractivity contribution < 1.29 is 0 Å². The Labute approximate surface area is 303 Å². The van der Waals surface area contributed by atoms with E-state index in [-0.39, 0.29) is 5.41 Å². The van der Waals surface area contributed by atoms with Crippen LogP contribution < -0.4 is 20.7 Å². The molecular weight excluding hydrogens is 653 g/mol. The second-order valence-corrected chi connectivity index (χ2v) is 19.4. The van der Waals surface area contributed by atoms with E-state index in [9.17, 15) is 5.26 Å². The molecule has 9 rings (SSSR count). The Hall–Kier alpha value is -5.73. The third kappa shape index (κ3) is 4.96. The number of rotatable bonds is 5. The molecule has 2 nitrogen and oxygen atoms in total. The number of fused-ring (bicyclic) bond motifs is 6. The zero-order chi connectivity index (χ0) is 34.7. The molecule has 0 bridgehead atoms. The van der Waals surface area contributed by atoms with E-state index < -0.39 is 8.07 Å². The van der Waals surface area contributed by atoms with Gasteiger partial charge in [-0.2, -0.15) is 5.26 Å². The summed E-state index contributed by atoms with van der Waals surface area (Å²) in [7, 11) is -2.67. The van der Waals surface area contributed by atoms with Crippen LogP contribution in [0.2, 0.25) is 0 Å². The van der Waals surface area contributed by atoms with Crippen LogP contribution in [0.5, 0.6) is 0 Å². The molecule has 0 aliphatic heterocycles. The maximum Gasteiger partial charge on any atom is 0.179 e. The van der Waals surface area contributed by atoms with Crippen molar-refractivity contribution in [2.24, 2.45) is 0 Å². The third-order valence-electron chi connectivity index (χ3n) is 10.5.